The summed E-state index contributed by atoms with van der Waals surface area (Å²) in [6.07, 6.45) is 2.48. The zero-order chi connectivity index (χ0) is 7.28. The Bertz CT molecular complexity index is 99.6. The van der Waals surface area contributed by atoms with Crippen molar-refractivity contribution >= 4 is 17.7 Å². The molecule has 0 aliphatic carbocycles. The Morgan fingerprint density at radius 3 is 2.60 bits per heavy atom. The van der Waals surface area contributed by atoms with E-state index in [2.05, 4.69) is 0 Å². The first-order valence-electron chi connectivity index (χ1n) is 2.65. The highest BCUT2D eigenvalue weighted by molar-refractivity contribution is 7.98. The summed E-state index contributed by atoms with van der Waals surface area (Å²) in [7, 11) is 0. The third kappa shape index (κ3) is 5.87. The van der Waals surface area contributed by atoms with Gasteiger partial charge in [0.05, 0.1) is 0 Å². The maximum Gasteiger partial charge on any atom is 0.320 e. The van der Waals surface area contributed by atoms with Crippen molar-refractivity contribution in [2.24, 2.45) is 5.73 Å². The maximum atomic E-state index is 10.1. The fraction of sp³-hybridized carbons (Fsp3) is 0.800. The first-order chi connectivity index (χ1) is 4.18. The van der Waals surface area contributed by atoms with Crippen molar-refractivity contribution in [1.82, 2.24) is 6.15 Å². The predicted octanol–water partition coefficient (Wildman–Crippen LogP) is -0.329. The molecule has 0 aromatic rings. The highest BCUT2D eigenvalue weighted by Crippen LogP contribution is 1.97. The van der Waals surface area contributed by atoms with Crippen LogP contribution in [0.2, 0.25) is 0 Å². The van der Waals surface area contributed by atoms with Crippen LogP contribution in [0.4, 0.5) is 0 Å². The van der Waals surface area contributed by atoms with Gasteiger partial charge in [-0.25, -0.2) is 0 Å². The van der Waals surface area contributed by atoms with E-state index in [-0.39, 0.29) is 6.15 Å². The molecule has 59 valence electrons. The lowest BCUT2D eigenvalue weighted by atomic mass is 10.2. The minimum Gasteiger partial charge on any atom is -0.480 e. The molecule has 10 heavy (non-hydrogen) atoms. The molecule has 0 fully saturated rings. The molecule has 5 heteroatoms. The van der Waals surface area contributed by atoms with Crippen molar-refractivity contribution in [3.05, 3.63) is 0 Å². The molecular weight excluding hydrogens is 152 g/mol. The quantitative estimate of drug-likeness (QED) is 0.593. The normalized spacial score (nSPS) is 11.8. The van der Waals surface area contributed by atoms with E-state index in [0.717, 1.165) is 5.75 Å². The second-order valence-electron chi connectivity index (χ2n) is 1.73. The summed E-state index contributed by atoms with van der Waals surface area (Å²) in [4.78, 5) is 10.1. The fourth-order valence-corrected chi connectivity index (χ4v) is 0.858. The van der Waals surface area contributed by atoms with Crippen LogP contribution in [0.15, 0.2) is 0 Å². The van der Waals surface area contributed by atoms with Gasteiger partial charge in [0.15, 0.2) is 0 Å². The average molecular weight is 163 g/mol. The summed E-state index contributed by atoms with van der Waals surface area (Å²) < 4.78 is 0. The zero-order valence-corrected chi connectivity index (χ0v) is 6.60. The van der Waals surface area contributed by atoms with Crippen molar-refractivity contribution in [2.45, 2.75) is 12.5 Å². The highest BCUT2D eigenvalue weighted by atomic mass is 32.2. The maximum absolute atomic E-state index is 10.1. The number of nitrogens with zero attached hydrogens (tertiary/aromatic N) is 1. The standard InChI is InChI=1S/C5H11NO2S.N/c1-9-3-2-4(6)5(7)8;/h4H,2-3,6H2,1H3,(H,7,8);/t4-;/m0./s1. The first-order valence-corrected chi connectivity index (χ1v) is 4.05. The summed E-state index contributed by atoms with van der Waals surface area (Å²) in [5, 5.41) is 8.27. The van der Waals surface area contributed by atoms with Crippen molar-refractivity contribution in [3.63, 3.8) is 0 Å². The molecule has 4 nitrogen and oxygen atoms in total. The Morgan fingerprint density at radius 1 is 1.80 bits per heavy atom. The molecule has 0 heterocycles. The Labute approximate surface area is 64.8 Å². The minimum absolute atomic E-state index is 0. The highest BCUT2D eigenvalue weighted by Gasteiger charge is 2.08. The molecule has 0 aromatic heterocycles. The molecule has 0 saturated heterocycles. The van der Waals surface area contributed by atoms with Gasteiger partial charge in [0.2, 0.25) is 0 Å². The number of hydrogen-bond donors (Lipinski definition) is 2. The first kappa shape index (κ1) is 12.4. The number of nitrogens with two attached hydrogens (primary N) is 1. The fourth-order valence-electron chi connectivity index (χ4n) is 0.368. The number of rotatable bonds is 4. The molecular formula is C5H11N2O2S. The van der Waals surface area contributed by atoms with Crippen LogP contribution < -0.4 is 11.9 Å². The summed E-state index contributed by atoms with van der Waals surface area (Å²) in [6, 6.07) is -0.683. The lowest BCUT2D eigenvalue weighted by Crippen LogP contribution is -2.30. The van der Waals surface area contributed by atoms with Crippen molar-refractivity contribution < 1.29 is 9.90 Å². The largest absolute Gasteiger partial charge is 0.480 e. The van der Waals surface area contributed by atoms with Crippen LogP contribution in [0.1, 0.15) is 6.42 Å². The molecule has 0 bridgehead atoms. The van der Waals surface area contributed by atoms with Crippen molar-refractivity contribution in [3.8, 4) is 0 Å². The van der Waals surface area contributed by atoms with Crippen LogP contribution in [0.25, 0.3) is 0 Å². The summed E-state index contributed by atoms with van der Waals surface area (Å²) in [5.74, 6) is -0.1000. The average Bonchev–Trinajstić information content (AvgIpc) is 1.82. The van der Waals surface area contributed by atoms with Gasteiger partial charge >= 0.3 is 5.97 Å². The lowest BCUT2D eigenvalue weighted by Gasteiger charge is -2.02. The molecule has 0 aliphatic rings. The summed E-state index contributed by atoms with van der Waals surface area (Å²) in [5.41, 5.74) is 5.19. The van der Waals surface area contributed by atoms with Crippen LogP contribution in [0, 0.1) is 0 Å². The molecule has 0 unspecified atom stereocenters. The van der Waals surface area contributed by atoms with E-state index in [0.29, 0.717) is 6.42 Å². The Balaban J connectivity index is 0. The zero-order valence-electron chi connectivity index (χ0n) is 5.78. The minimum atomic E-state index is -0.913. The number of hydrogen-bond acceptors (Lipinski definition) is 3. The van der Waals surface area contributed by atoms with Gasteiger partial charge in [-0.2, -0.15) is 11.8 Å². The van der Waals surface area contributed by atoms with Gasteiger partial charge in [0.1, 0.15) is 6.04 Å². The molecule has 1 atom stereocenters. The topological polar surface area (TPSA) is 93.8 Å². The summed E-state index contributed by atoms with van der Waals surface area (Å²) in [6.45, 7) is 0. The van der Waals surface area contributed by atoms with Crippen molar-refractivity contribution in [1.29, 1.82) is 0 Å². The van der Waals surface area contributed by atoms with E-state index in [9.17, 15) is 4.79 Å². The molecule has 3 radical (unpaired) electrons. The molecule has 0 aliphatic heterocycles. The number of carboxylic acids is 1. The van der Waals surface area contributed by atoms with Crippen LogP contribution in [0.3, 0.4) is 0 Å². The van der Waals surface area contributed by atoms with Gasteiger partial charge in [-0.3, -0.25) is 4.79 Å². The molecule has 0 spiro atoms. The number of thioether (sulfide) groups is 1. The van der Waals surface area contributed by atoms with Gasteiger partial charge in [0.25, 0.3) is 0 Å². The van der Waals surface area contributed by atoms with Gasteiger partial charge in [-0.15, -0.1) is 0 Å². The monoisotopic (exact) mass is 163 g/mol. The molecule has 0 saturated carbocycles. The molecule has 0 aromatic carbocycles. The number of carboxylic acid groups (broad SMARTS) is 1. The van der Waals surface area contributed by atoms with Crippen molar-refractivity contribution in [2.75, 3.05) is 12.0 Å². The van der Waals surface area contributed by atoms with Gasteiger partial charge in [-0.05, 0) is 18.4 Å². The SMILES string of the molecule is CSCC[C@H](N)C(=O)O.[N]. The third-order valence-electron chi connectivity index (χ3n) is 0.950. The second kappa shape index (κ2) is 6.85. The van der Waals surface area contributed by atoms with Gasteiger partial charge in [-0.1, -0.05) is 0 Å². The van der Waals surface area contributed by atoms with E-state index in [1.165, 1.54) is 0 Å². The van der Waals surface area contributed by atoms with E-state index >= 15 is 0 Å². The molecule has 0 rings (SSSR count). The number of carbonyl (C=O) groups is 1. The Morgan fingerprint density at radius 2 is 2.30 bits per heavy atom. The second-order valence-corrected chi connectivity index (χ2v) is 2.71. The van der Waals surface area contributed by atoms with Gasteiger partial charge in [0, 0.05) is 6.15 Å². The number of aliphatic carboxylic acids is 1. The molecule has 0 amide bonds. The van der Waals surface area contributed by atoms with E-state index < -0.39 is 12.0 Å². The summed E-state index contributed by atoms with van der Waals surface area (Å²) >= 11 is 1.60. The van der Waals surface area contributed by atoms with Crippen LogP contribution in [-0.4, -0.2) is 29.1 Å². The Kier molecular flexibility index (Phi) is 8.51. The Hall–Kier alpha value is -0.260. The van der Waals surface area contributed by atoms with Crippen LogP contribution in [-0.2, 0) is 4.79 Å². The van der Waals surface area contributed by atoms with E-state index in [4.69, 9.17) is 10.8 Å². The lowest BCUT2D eigenvalue weighted by molar-refractivity contribution is -0.138. The molecule has 3 N–H and O–H groups in total. The van der Waals surface area contributed by atoms with E-state index in [1.807, 2.05) is 6.26 Å². The predicted molar refractivity (Wildman–Crippen MR) is 40.7 cm³/mol. The van der Waals surface area contributed by atoms with Crippen LogP contribution in [0.5, 0.6) is 0 Å². The van der Waals surface area contributed by atoms with Gasteiger partial charge < -0.3 is 10.8 Å². The smallest absolute Gasteiger partial charge is 0.320 e. The van der Waals surface area contributed by atoms with E-state index in [1.54, 1.807) is 11.8 Å². The van der Waals surface area contributed by atoms with Crippen LogP contribution >= 0.6 is 11.8 Å². The third-order valence-corrected chi connectivity index (χ3v) is 1.59.